The zero-order valence-electron chi connectivity index (χ0n) is 7.33. The lowest BCUT2D eigenvalue weighted by atomic mass is 10.2. The van der Waals surface area contributed by atoms with Crippen LogP contribution in [-0.2, 0) is 0 Å². The monoisotopic (exact) mass is 158 g/mol. The van der Waals surface area contributed by atoms with Crippen LogP contribution in [0.4, 0.5) is 0 Å². The second-order valence-corrected chi connectivity index (χ2v) is 2.80. The van der Waals surface area contributed by atoms with E-state index in [4.69, 9.17) is 10.2 Å². The Hall–Kier alpha value is -0.340. The molecule has 0 aromatic rings. The van der Waals surface area contributed by atoms with Crippen LogP contribution < -0.4 is 0 Å². The first kappa shape index (κ1) is 10.7. The number of allylic oxidation sites excluding steroid dienone is 1. The Morgan fingerprint density at radius 1 is 1.36 bits per heavy atom. The second kappa shape index (κ2) is 6.38. The van der Waals surface area contributed by atoms with Crippen LogP contribution in [-0.4, -0.2) is 22.4 Å². The molecule has 0 saturated carbocycles. The van der Waals surface area contributed by atoms with Gasteiger partial charge in [-0.1, -0.05) is 31.9 Å². The average Bonchev–Trinajstić information content (AvgIpc) is 1.97. The second-order valence-electron chi connectivity index (χ2n) is 2.80. The van der Waals surface area contributed by atoms with Crippen molar-refractivity contribution in [2.45, 2.75) is 45.3 Å². The van der Waals surface area contributed by atoms with Gasteiger partial charge < -0.3 is 10.2 Å². The van der Waals surface area contributed by atoms with Gasteiger partial charge in [-0.15, -0.1) is 0 Å². The van der Waals surface area contributed by atoms with Crippen LogP contribution in [0.1, 0.15) is 33.1 Å². The molecule has 0 aliphatic carbocycles. The van der Waals surface area contributed by atoms with Gasteiger partial charge in [-0.25, -0.2) is 0 Å². The molecule has 2 heteroatoms. The Morgan fingerprint density at radius 3 is 2.45 bits per heavy atom. The number of unbranched alkanes of at least 4 members (excludes halogenated alkanes) is 2. The molecule has 0 unspecified atom stereocenters. The zero-order chi connectivity index (χ0) is 8.69. The van der Waals surface area contributed by atoms with Crippen LogP contribution in [0, 0.1) is 0 Å². The van der Waals surface area contributed by atoms with E-state index < -0.39 is 12.2 Å². The lowest BCUT2D eigenvalue weighted by molar-refractivity contribution is 0.0617. The first-order chi connectivity index (χ1) is 5.18. The van der Waals surface area contributed by atoms with E-state index in [0.29, 0.717) is 0 Å². The molecule has 0 saturated heterocycles. The van der Waals surface area contributed by atoms with Gasteiger partial charge in [0.25, 0.3) is 0 Å². The molecular formula is C9H18O2. The minimum Gasteiger partial charge on any atom is -0.390 e. The summed E-state index contributed by atoms with van der Waals surface area (Å²) in [6.07, 6.45) is 5.50. The smallest absolute Gasteiger partial charge is 0.0977 e. The van der Waals surface area contributed by atoms with E-state index in [-0.39, 0.29) is 0 Å². The quantitative estimate of drug-likeness (QED) is 0.470. The average molecular weight is 158 g/mol. The minimum absolute atomic E-state index is 0.659. The first-order valence-corrected chi connectivity index (χ1v) is 4.21. The van der Waals surface area contributed by atoms with Gasteiger partial charge in [0.15, 0.2) is 0 Å². The van der Waals surface area contributed by atoms with Gasteiger partial charge in [0.2, 0.25) is 0 Å². The first-order valence-electron chi connectivity index (χ1n) is 4.21. The molecule has 0 spiro atoms. The Morgan fingerprint density at radius 2 is 2.00 bits per heavy atom. The van der Waals surface area contributed by atoms with Crippen LogP contribution >= 0.6 is 0 Å². The van der Waals surface area contributed by atoms with Gasteiger partial charge in [0, 0.05) is 0 Å². The van der Waals surface area contributed by atoms with E-state index in [1.54, 1.807) is 13.0 Å². The van der Waals surface area contributed by atoms with Crippen molar-refractivity contribution in [3.8, 4) is 0 Å². The van der Waals surface area contributed by atoms with Crippen LogP contribution in [0.25, 0.3) is 0 Å². The van der Waals surface area contributed by atoms with Crippen molar-refractivity contribution in [1.29, 1.82) is 0 Å². The van der Waals surface area contributed by atoms with Crippen LogP contribution in [0.3, 0.4) is 0 Å². The van der Waals surface area contributed by atoms with Gasteiger partial charge >= 0.3 is 0 Å². The Kier molecular flexibility index (Phi) is 6.18. The normalized spacial score (nSPS) is 17.1. The zero-order valence-corrected chi connectivity index (χ0v) is 7.33. The molecule has 0 bridgehead atoms. The maximum atomic E-state index is 9.09. The van der Waals surface area contributed by atoms with Crippen molar-refractivity contribution < 1.29 is 10.2 Å². The number of rotatable bonds is 5. The summed E-state index contributed by atoms with van der Waals surface area (Å²) in [4.78, 5) is 0. The molecule has 0 radical (unpaired) electrons. The highest BCUT2D eigenvalue weighted by Gasteiger charge is 2.04. The third kappa shape index (κ3) is 6.07. The number of hydrogen-bond donors (Lipinski definition) is 2. The largest absolute Gasteiger partial charge is 0.390 e. The molecule has 0 heterocycles. The van der Waals surface area contributed by atoms with E-state index >= 15 is 0 Å². The summed E-state index contributed by atoms with van der Waals surface area (Å²) < 4.78 is 0. The molecular weight excluding hydrogens is 140 g/mol. The maximum Gasteiger partial charge on any atom is 0.0977 e. The van der Waals surface area contributed by atoms with Crippen molar-refractivity contribution in [1.82, 2.24) is 0 Å². The SMILES string of the molecule is CCCC/C=C\[C@@H](O)[C@H](C)O. The fourth-order valence-corrected chi connectivity index (χ4v) is 0.718. The topological polar surface area (TPSA) is 40.5 Å². The van der Waals surface area contributed by atoms with Gasteiger partial charge in [-0.2, -0.15) is 0 Å². The molecule has 2 atom stereocenters. The highest BCUT2D eigenvalue weighted by Crippen LogP contribution is 1.98. The van der Waals surface area contributed by atoms with Crippen molar-refractivity contribution in [3.63, 3.8) is 0 Å². The van der Waals surface area contributed by atoms with E-state index in [1.165, 1.54) is 0 Å². The summed E-state index contributed by atoms with van der Waals surface area (Å²) >= 11 is 0. The minimum atomic E-state index is -0.702. The van der Waals surface area contributed by atoms with Crippen LogP contribution in [0.5, 0.6) is 0 Å². The molecule has 0 fully saturated rings. The summed E-state index contributed by atoms with van der Waals surface area (Å²) in [6.45, 7) is 3.70. The van der Waals surface area contributed by atoms with Crippen molar-refractivity contribution in [2.24, 2.45) is 0 Å². The number of aliphatic hydroxyl groups is 2. The van der Waals surface area contributed by atoms with E-state index in [1.807, 2.05) is 6.08 Å². The summed E-state index contributed by atoms with van der Waals surface area (Å²) in [5.74, 6) is 0. The van der Waals surface area contributed by atoms with E-state index in [2.05, 4.69) is 6.92 Å². The van der Waals surface area contributed by atoms with Gasteiger partial charge in [-0.05, 0) is 13.3 Å². The highest BCUT2D eigenvalue weighted by atomic mass is 16.3. The molecule has 0 aromatic carbocycles. The van der Waals surface area contributed by atoms with E-state index in [0.717, 1.165) is 19.3 Å². The predicted molar refractivity (Wildman–Crippen MR) is 46.4 cm³/mol. The number of aliphatic hydroxyl groups excluding tert-OH is 2. The molecule has 2 N–H and O–H groups in total. The molecule has 0 aromatic heterocycles. The summed E-state index contributed by atoms with van der Waals surface area (Å²) in [6, 6.07) is 0. The summed E-state index contributed by atoms with van der Waals surface area (Å²) in [5, 5.41) is 18.0. The lowest BCUT2D eigenvalue weighted by Gasteiger charge is -2.07. The van der Waals surface area contributed by atoms with Gasteiger partial charge in [-0.3, -0.25) is 0 Å². The third-order valence-corrected chi connectivity index (χ3v) is 1.55. The fourth-order valence-electron chi connectivity index (χ4n) is 0.718. The van der Waals surface area contributed by atoms with E-state index in [9.17, 15) is 0 Å². The third-order valence-electron chi connectivity index (χ3n) is 1.55. The fraction of sp³-hybridized carbons (Fsp3) is 0.778. The maximum absolute atomic E-state index is 9.09. The number of hydrogen-bond acceptors (Lipinski definition) is 2. The molecule has 66 valence electrons. The van der Waals surface area contributed by atoms with Gasteiger partial charge in [0.05, 0.1) is 12.2 Å². The highest BCUT2D eigenvalue weighted by molar-refractivity contribution is 4.90. The summed E-state index contributed by atoms with van der Waals surface area (Å²) in [7, 11) is 0. The predicted octanol–water partition coefficient (Wildman–Crippen LogP) is 1.47. The standard InChI is InChI=1S/C9H18O2/c1-3-4-5-6-7-9(11)8(2)10/h6-11H,3-5H2,1-2H3/b7-6-/t8-,9+/m0/s1. The molecule has 0 rings (SSSR count). The van der Waals surface area contributed by atoms with Crippen LogP contribution in [0.2, 0.25) is 0 Å². The molecule has 11 heavy (non-hydrogen) atoms. The van der Waals surface area contributed by atoms with Gasteiger partial charge in [0.1, 0.15) is 0 Å². The Labute approximate surface area is 68.6 Å². The Balaban J connectivity index is 3.40. The van der Waals surface area contributed by atoms with Crippen LogP contribution in [0.15, 0.2) is 12.2 Å². The molecule has 2 nitrogen and oxygen atoms in total. The molecule has 0 aliphatic heterocycles. The van der Waals surface area contributed by atoms with Crippen molar-refractivity contribution in [3.05, 3.63) is 12.2 Å². The van der Waals surface area contributed by atoms with Crippen molar-refractivity contribution >= 4 is 0 Å². The molecule has 0 amide bonds. The summed E-state index contributed by atoms with van der Waals surface area (Å²) in [5.41, 5.74) is 0. The molecule has 0 aliphatic rings. The van der Waals surface area contributed by atoms with Crippen molar-refractivity contribution in [2.75, 3.05) is 0 Å². The lowest BCUT2D eigenvalue weighted by Crippen LogP contribution is -2.19. The Bertz CT molecular complexity index is 108.